The van der Waals surface area contributed by atoms with E-state index in [0.29, 0.717) is 0 Å². The number of benzene rings is 8. The Bertz CT molecular complexity index is 2020. The smallest absolute Gasteiger partial charge is 0.0619 e. The third-order valence-corrected chi connectivity index (χ3v) is 24.3. The van der Waals surface area contributed by atoms with E-state index in [1.807, 2.05) is 0 Å². The summed E-state index contributed by atoms with van der Waals surface area (Å²) in [7, 11) is -6.83. The monoisotopic (exact) mass is 1270 g/mol. The fraction of sp³-hybridized carbons (Fsp3) is 0. The molecular weight excluding hydrogens is 1230 g/mol. The van der Waals surface area contributed by atoms with Crippen molar-refractivity contribution >= 4 is 75.3 Å². The fourth-order valence-electron chi connectivity index (χ4n) is 5.20. The van der Waals surface area contributed by atoms with Crippen LogP contribution >= 0.6 is 60.7 Å². The first kappa shape index (κ1) is 46.9. The van der Waals surface area contributed by atoms with Crippen molar-refractivity contribution in [3.05, 3.63) is 271 Å². The molecule has 0 heterocycles. The van der Waals surface area contributed by atoms with Crippen LogP contribution in [0.3, 0.4) is 0 Å². The summed E-state index contributed by atoms with van der Waals surface area (Å²) in [6, 6.07) is 84.8. The Morgan fingerprint density at radius 2 is 0.459 bits per heavy atom. The largest absolute Gasteiger partial charge is 0.357 e. The van der Waals surface area contributed by atoms with Crippen LogP contribution in [0.5, 0.6) is 0 Å². The molecule has 0 spiro atoms. The van der Waals surface area contributed by atoms with Gasteiger partial charge in [0.1, 0.15) is 0 Å². The molecule has 0 bridgehead atoms. The molecule has 0 saturated heterocycles. The Kier molecular flexibility index (Phi) is 19.6. The van der Waals surface area contributed by atoms with E-state index in [1.54, 1.807) is 0 Å². The van der Waals surface area contributed by atoms with Crippen molar-refractivity contribution in [1.82, 2.24) is 0 Å². The van der Waals surface area contributed by atoms with Gasteiger partial charge in [-0.25, -0.2) is 0 Å². The minimum atomic E-state index is -6.00. The summed E-state index contributed by atoms with van der Waals surface area (Å²) >= 11 is -7.28. The van der Waals surface area contributed by atoms with Gasteiger partial charge in [-0.1, -0.05) is 36.4 Å². The van der Waals surface area contributed by atoms with Gasteiger partial charge in [0.25, 0.3) is 0 Å². The predicted octanol–water partition coefficient (Wildman–Crippen LogP) is 11.6. The van der Waals surface area contributed by atoms with Gasteiger partial charge in [-0.05, 0) is 24.3 Å². The molecule has 0 fully saturated rings. The van der Waals surface area contributed by atoms with E-state index in [0.717, 1.165) is 0 Å². The maximum atomic E-state index is 9.75. The average Bonchev–Trinajstić information content (AvgIpc) is 3.31. The topological polar surface area (TPSA) is 27.7 Å². The van der Waals surface area contributed by atoms with Crippen LogP contribution in [-0.4, -0.2) is 14.6 Å². The normalized spacial score (nSPS) is 11.4. The van der Waals surface area contributed by atoms with Crippen LogP contribution in [0.4, 0.5) is 17.3 Å². The van der Waals surface area contributed by atoms with Gasteiger partial charge in [0.05, 0.1) is 0 Å². The van der Waals surface area contributed by atoms with Crippen LogP contribution in [0.2, 0.25) is 0 Å². The van der Waals surface area contributed by atoms with Crippen molar-refractivity contribution in [3.63, 3.8) is 0 Å². The van der Waals surface area contributed by atoms with Crippen LogP contribution in [0.1, 0.15) is 0 Å². The van der Waals surface area contributed by atoms with Crippen LogP contribution in [0.15, 0.2) is 243 Å². The van der Waals surface area contributed by atoms with Gasteiger partial charge in [0.15, 0.2) is 7.14 Å². The van der Waals surface area contributed by atoms with Crippen molar-refractivity contribution in [2.24, 2.45) is 0 Å². The summed E-state index contributed by atoms with van der Waals surface area (Å²) in [6.07, 6.45) is 0. The standard InChI is InChI=1S/C36H30BI3O3.C12H10I.BF4/c1-7-19-31(20-8-1)38(32-21-9-2-10-22-32)41-37(42-39(33-23-11-3-12-24-33)34-25-13-4-14-26-34)43-40(35-27-15-5-16-28-35)36-29-17-6-18-30-36;1-3-7-11(8-4-1)13-12-9-5-2-6-10-12;2-1(3,4)5/h1-30H;1-10H;/q;+1;-1. The van der Waals surface area contributed by atoms with Crippen molar-refractivity contribution in [3.8, 4) is 0 Å². The molecule has 0 aliphatic heterocycles. The van der Waals surface area contributed by atoms with Gasteiger partial charge in [-0.15, -0.1) is 0 Å². The second kappa shape index (κ2) is 25.5. The fourth-order valence-corrected chi connectivity index (χ4v) is 20.9. The third kappa shape index (κ3) is 16.6. The van der Waals surface area contributed by atoms with Crippen molar-refractivity contribution < 1.29 is 47.4 Å². The average molecular weight is 1270 g/mol. The minimum absolute atomic E-state index is 0.0287. The number of hydrogen-bond acceptors (Lipinski definition) is 3. The van der Waals surface area contributed by atoms with Crippen molar-refractivity contribution in [2.45, 2.75) is 0 Å². The molecule has 3 nitrogen and oxygen atoms in total. The van der Waals surface area contributed by atoms with E-state index in [2.05, 4.69) is 243 Å². The summed E-state index contributed by atoms with van der Waals surface area (Å²) in [5.41, 5.74) is 0. The first-order chi connectivity index (χ1) is 29.8. The maximum absolute atomic E-state index is 9.75. The Morgan fingerprint density at radius 3 is 0.639 bits per heavy atom. The Morgan fingerprint density at radius 1 is 0.295 bits per heavy atom. The van der Waals surface area contributed by atoms with Gasteiger partial charge < -0.3 is 17.3 Å². The Labute approximate surface area is 389 Å². The third-order valence-electron chi connectivity index (χ3n) is 7.76. The molecule has 0 aliphatic rings. The molecule has 8 aromatic rings. The molecule has 0 N–H and O–H groups in total. The number of rotatable bonds is 14. The second-order valence-corrected chi connectivity index (χ2v) is 28.5. The summed E-state index contributed by atoms with van der Waals surface area (Å²) in [5, 5.41) is 0. The van der Waals surface area contributed by atoms with Crippen LogP contribution in [0, 0.1) is 28.6 Å². The molecule has 8 aromatic carbocycles. The molecule has 0 aromatic heterocycles. The molecule has 0 unspecified atom stereocenters. The first-order valence-corrected chi connectivity index (χ1v) is 30.1. The van der Waals surface area contributed by atoms with Gasteiger partial charge in [0.2, 0.25) is 0 Å². The van der Waals surface area contributed by atoms with E-state index < -0.39 is 75.3 Å². The quantitative estimate of drug-likeness (QED) is 0.0617. The summed E-state index contributed by atoms with van der Waals surface area (Å²) in [5.74, 6) is 0. The van der Waals surface area contributed by atoms with Crippen LogP contribution < -0.4 is 21.2 Å². The molecule has 0 radical (unpaired) electrons. The molecule has 0 saturated carbocycles. The van der Waals surface area contributed by atoms with Gasteiger partial charge in [-0.3, -0.25) is 0 Å². The van der Waals surface area contributed by atoms with E-state index in [4.69, 9.17) is 8.95 Å². The minimum Gasteiger partial charge on any atom is -0.0619 e. The van der Waals surface area contributed by atoms with Crippen LogP contribution in [-0.2, 0) is 8.95 Å². The Hall–Kier alpha value is -3.59. The summed E-state index contributed by atoms with van der Waals surface area (Å²) in [6.45, 7) is 0. The maximum Gasteiger partial charge on any atom is 0.357 e. The van der Waals surface area contributed by atoms with E-state index in [1.165, 1.54) is 28.6 Å². The van der Waals surface area contributed by atoms with Crippen molar-refractivity contribution in [2.75, 3.05) is 0 Å². The summed E-state index contributed by atoms with van der Waals surface area (Å²) < 4.78 is 70.7. The predicted molar refractivity (Wildman–Crippen MR) is 262 cm³/mol. The first-order valence-electron chi connectivity index (χ1n) is 18.8. The zero-order chi connectivity index (χ0) is 42.5. The van der Waals surface area contributed by atoms with E-state index in [-0.39, 0.29) is 21.2 Å². The molecule has 312 valence electrons. The zero-order valence-electron chi connectivity index (χ0n) is 32.5. The van der Waals surface area contributed by atoms with Crippen molar-refractivity contribution in [1.29, 1.82) is 0 Å². The summed E-state index contributed by atoms with van der Waals surface area (Å²) in [4.78, 5) is 0. The molecule has 0 atom stereocenters. The van der Waals surface area contributed by atoms with Gasteiger partial charge in [0, 0.05) is 0 Å². The molecule has 8 rings (SSSR count). The number of hydrogen-bond donors (Lipinski definition) is 0. The zero-order valence-corrected chi connectivity index (χ0v) is 41.1. The number of halogens is 8. The second-order valence-electron chi connectivity index (χ2n) is 12.3. The van der Waals surface area contributed by atoms with Gasteiger partial charge >= 0.3 is 309 Å². The SMILES string of the molecule is F[B-](F)(F)F.c1ccc(I(OB(OI(c2ccccc2)c2ccccc2)OI(c2ccccc2)c2ccccc2)c2ccccc2)cc1.c1ccc([I+]c2ccccc2)cc1. The Balaban J connectivity index is 0.000000286. The molecule has 61 heavy (non-hydrogen) atoms. The molecule has 0 aliphatic carbocycles. The van der Waals surface area contributed by atoms with Crippen LogP contribution in [0.25, 0.3) is 0 Å². The van der Waals surface area contributed by atoms with E-state index >= 15 is 0 Å². The molecule has 0 amide bonds. The molecular formula is C48H40B2F4I4O3. The molecule has 13 heteroatoms. The van der Waals surface area contributed by atoms with Gasteiger partial charge in [-0.2, -0.15) is 0 Å². The van der Waals surface area contributed by atoms with E-state index in [9.17, 15) is 17.3 Å².